The zero-order valence-electron chi connectivity index (χ0n) is 9.23. The predicted octanol–water partition coefficient (Wildman–Crippen LogP) is 0.349. The monoisotopic (exact) mass is 278 g/mol. The van der Waals surface area contributed by atoms with Gasteiger partial charge in [-0.25, -0.2) is 21.9 Å². The molecule has 100 valence electrons. The second-order valence-corrected chi connectivity index (χ2v) is 5.94. The molecule has 0 aliphatic heterocycles. The Morgan fingerprint density at radius 2 is 1.94 bits per heavy atom. The lowest BCUT2D eigenvalue weighted by Gasteiger charge is -2.31. The molecule has 0 heterocycles. The maximum Gasteiger partial charge on any atom is 0.243 e. The van der Waals surface area contributed by atoms with E-state index in [1.807, 2.05) is 0 Å². The van der Waals surface area contributed by atoms with Crippen molar-refractivity contribution in [1.82, 2.24) is 4.72 Å². The van der Waals surface area contributed by atoms with E-state index >= 15 is 0 Å². The van der Waals surface area contributed by atoms with Gasteiger partial charge in [0, 0.05) is 11.7 Å². The first-order valence-corrected chi connectivity index (χ1v) is 6.73. The summed E-state index contributed by atoms with van der Waals surface area (Å²) in [5.74, 6) is -2.78. The highest BCUT2D eigenvalue weighted by Gasteiger charge is 2.33. The summed E-state index contributed by atoms with van der Waals surface area (Å²) < 4.78 is 52.3. The molecule has 1 fully saturated rings. The van der Waals surface area contributed by atoms with Gasteiger partial charge in [0.15, 0.2) is 11.6 Å². The van der Waals surface area contributed by atoms with Crippen molar-refractivity contribution in [2.24, 2.45) is 0 Å². The molecule has 0 aromatic heterocycles. The van der Waals surface area contributed by atoms with E-state index in [-0.39, 0.29) is 18.5 Å². The summed E-state index contributed by atoms with van der Waals surface area (Å²) >= 11 is 0. The lowest BCUT2D eigenvalue weighted by Crippen LogP contribution is -2.46. The molecule has 0 amide bonds. The molecule has 0 radical (unpaired) electrons. The van der Waals surface area contributed by atoms with Crippen molar-refractivity contribution in [2.75, 3.05) is 5.73 Å². The van der Waals surface area contributed by atoms with Gasteiger partial charge in [0.05, 0.1) is 6.10 Å². The third kappa shape index (κ3) is 2.45. The molecule has 4 N–H and O–H groups in total. The highest BCUT2D eigenvalue weighted by molar-refractivity contribution is 7.89. The number of nitrogens with two attached hydrogens (primary N) is 1. The lowest BCUT2D eigenvalue weighted by atomic mass is 9.91. The number of rotatable bonds is 3. The normalized spacial score (nSPS) is 23.7. The number of hydrogen-bond acceptors (Lipinski definition) is 4. The minimum Gasteiger partial charge on any atom is -0.399 e. The fraction of sp³-hybridized carbons (Fsp3) is 0.400. The molecule has 5 nitrogen and oxygen atoms in total. The number of halogens is 2. The van der Waals surface area contributed by atoms with E-state index in [1.54, 1.807) is 0 Å². The highest BCUT2D eigenvalue weighted by atomic mass is 32.2. The topological polar surface area (TPSA) is 92.4 Å². The molecular formula is C10H12F2N2O3S. The van der Waals surface area contributed by atoms with Crippen LogP contribution in [0, 0.1) is 11.6 Å². The summed E-state index contributed by atoms with van der Waals surface area (Å²) in [6.45, 7) is 0. The number of sulfonamides is 1. The Labute approximate surface area is 103 Å². The number of anilines is 1. The fourth-order valence-corrected chi connectivity index (χ4v) is 3.13. The minimum absolute atomic E-state index is 0.178. The molecular weight excluding hydrogens is 266 g/mol. The maximum atomic E-state index is 13.4. The third-order valence-electron chi connectivity index (χ3n) is 2.74. The van der Waals surface area contributed by atoms with Crippen LogP contribution in [0.1, 0.15) is 12.8 Å². The summed E-state index contributed by atoms with van der Waals surface area (Å²) in [6.07, 6.45) is -0.0442. The van der Waals surface area contributed by atoms with Crippen LogP contribution in [0.25, 0.3) is 0 Å². The first-order chi connectivity index (χ1) is 8.29. The van der Waals surface area contributed by atoms with E-state index in [4.69, 9.17) is 10.8 Å². The van der Waals surface area contributed by atoms with Crippen molar-refractivity contribution in [3.8, 4) is 0 Å². The molecule has 8 heteroatoms. The van der Waals surface area contributed by atoms with E-state index in [2.05, 4.69) is 4.72 Å². The quantitative estimate of drug-likeness (QED) is 0.696. The van der Waals surface area contributed by atoms with Gasteiger partial charge in [-0.15, -0.1) is 0 Å². The zero-order valence-corrected chi connectivity index (χ0v) is 10.0. The van der Waals surface area contributed by atoms with Crippen LogP contribution in [0.2, 0.25) is 0 Å². The molecule has 0 saturated heterocycles. The Hall–Kier alpha value is -1.25. The molecule has 1 aliphatic rings. The second kappa shape index (κ2) is 4.45. The number of nitrogens with one attached hydrogen (secondary N) is 1. The Kier molecular flexibility index (Phi) is 3.26. The van der Waals surface area contributed by atoms with Gasteiger partial charge in [-0.1, -0.05) is 0 Å². The van der Waals surface area contributed by atoms with E-state index in [1.165, 1.54) is 0 Å². The molecule has 18 heavy (non-hydrogen) atoms. The minimum atomic E-state index is -4.18. The lowest BCUT2D eigenvalue weighted by molar-refractivity contribution is 0.0712. The standard InChI is InChI=1S/C10H12F2N2O3S/c11-8-1-5(13)2-9(10(8)12)18(16,17)14-6-3-7(15)4-6/h1-2,6-7,14-15H,3-4,13H2. The van der Waals surface area contributed by atoms with Gasteiger partial charge >= 0.3 is 0 Å². The number of nitrogen functional groups attached to an aromatic ring is 1. The average Bonchev–Trinajstić information content (AvgIpc) is 2.20. The number of aliphatic hydroxyl groups excluding tert-OH is 1. The van der Waals surface area contributed by atoms with Gasteiger partial charge in [-0.2, -0.15) is 0 Å². The van der Waals surface area contributed by atoms with Crippen molar-refractivity contribution in [2.45, 2.75) is 29.9 Å². The molecule has 0 bridgehead atoms. The smallest absolute Gasteiger partial charge is 0.243 e. The van der Waals surface area contributed by atoms with Gasteiger partial charge in [0.25, 0.3) is 0 Å². The number of benzene rings is 1. The van der Waals surface area contributed by atoms with Gasteiger partial charge in [0.2, 0.25) is 10.0 Å². The Morgan fingerprint density at radius 1 is 1.33 bits per heavy atom. The average molecular weight is 278 g/mol. The summed E-state index contributed by atoms with van der Waals surface area (Å²) in [5, 5.41) is 9.04. The van der Waals surface area contributed by atoms with Crippen LogP contribution in [0.5, 0.6) is 0 Å². The Balaban J connectivity index is 2.29. The third-order valence-corrected chi connectivity index (χ3v) is 4.26. The van der Waals surface area contributed by atoms with Crippen molar-refractivity contribution in [3.63, 3.8) is 0 Å². The van der Waals surface area contributed by atoms with Crippen molar-refractivity contribution in [3.05, 3.63) is 23.8 Å². The van der Waals surface area contributed by atoms with Gasteiger partial charge in [-0.3, -0.25) is 0 Å². The summed E-state index contributed by atoms with van der Waals surface area (Å²) in [4.78, 5) is -0.818. The van der Waals surface area contributed by atoms with Crippen LogP contribution in [-0.2, 0) is 10.0 Å². The molecule has 1 saturated carbocycles. The molecule has 0 spiro atoms. The first-order valence-electron chi connectivity index (χ1n) is 5.24. The van der Waals surface area contributed by atoms with Crippen LogP contribution in [0.15, 0.2) is 17.0 Å². The van der Waals surface area contributed by atoms with Crippen molar-refractivity contribution >= 4 is 15.7 Å². The van der Waals surface area contributed by atoms with Crippen LogP contribution >= 0.6 is 0 Å². The maximum absolute atomic E-state index is 13.4. The Bertz CT molecular complexity index is 571. The van der Waals surface area contributed by atoms with E-state index < -0.39 is 38.7 Å². The van der Waals surface area contributed by atoms with Gasteiger partial charge < -0.3 is 10.8 Å². The number of hydrogen-bond donors (Lipinski definition) is 3. The largest absolute Gasteiger partial charge is 0.399 e. The Morgan fingerprint density at radius 3 is 2.50 bits per heavy atom. The summed E-state index contributed by atoms with van der Waals surface area (Å²) in [5.41, 5.74) is 5.11. The van der Waals surface area contributed by atoms with E-state index in [0.29, 0.717) is 6.07 Å². The first kappa shape index (κ1) is 13.2. The second-order valence-electron chi connectivity index (χ2n) is 4.26. The van der Waals surface area contributed by atoms with Gasteiger partial charge in [-0.05, 0) is 25.0 Å². The summed E-state index contributed by atoms with van der Waals surface area (Å²) in [7, 11) is -4.18. The molecule has 1 aliphatic carbocycles. The SMILES string of the molecule is Nc1cc(F)c(F)c(S(=O)(=O)NC2CC(O)C2)c1. The molecule has 0 atom stereocenters. The van der Waals surface area contributed by atoms with Crippen LogP contribution in [-0.4, -0.2) is 25.7 Å². The van der Waals surface area contributed by atoms with Crippen molar-refractivity contribution in [1.29, 1.82) is 0 Å². The highest BCUT2D eigenvalue weighted by Crippen LogP contribution is 2.25. The molecule has 1 aromatic carbocycles. The van der Waals surface area contributed by atoms with Crippen LogP contribution in [0.4, 0.5) is 14.5 Å². The zero-order chi connectivity index (χ0) is 13.5. The van der Waals surface area contributed by atoms with Crippen LogP contribution in [0.3, 0.4) is 0 Å². The number of aliphatic hydroxyl groups is 1. The van der Waals surface area contributed by atoms with E-state index in [0.717, 1.165) is 6.07 Å². The molecule has 1 aromatic rings. The van der Waals surface area contributed by atoms with Crippen molar-refractivity contribution < 1.29 is 22.3 Å². The fourth-order valence-electron chi connectivity index (χ4n) is 1.75. The predicted molar refractivity (Wildman–Crippen MR) is 60.1 cm³/mol. The summed E-state index contributed by atoms with van der Waals surface area (Å²) in [6, 6.07) is 1.10. The molecule has 0 unspecified atom stereocenters. The molecule has 2 rings (SSSR count). The van der Waals surface area contributed by atoms with Gasteiger partial charge in [0.1, 0.15) is 4.90 Å². The van der Waals surface area contributed by atoms with Crippen LogP contribution < -0.4 is 10.5 Å². The van der Waals surface area contributed by atoms with E-state index in [9.17, 15) is 17.2 Å².